The van der Waals surface area contributed by atoms with Crippen LogP contribution in [0.5, 0.6) is 0 Å². The third-order valence-electron chi connectivity index (χ3n) is 5.50. The van der Waals surface area contributed by atoms with Crippen LogP contribution in [0.4, 0.5) is 0 Å². The minimum absolute atomic E-state index is 0. The topological polar surface area (TPSA) is 12.0 Å². The Kier molecular flexibility index (Phi) is 4.61. The van der Waals surface area contributed by atoms with Crippen LogP contribution in [0.1, 0.15) is 47.4 Å². The number of benzene rings is 2. The van der Waals surface area contributed by atoms with E-state index in [-0.39, 0.29) is 17.8 Å². The standard InChI is InChI=1S/C21H23N.ClH/c1-2-13-22-14-7-12-21-15-18(16-8-3-5-10-19(16)21)17-9-4-6-11-20(17)21;/h2-6,8-11,18,22H,1,7,12-15H2;1H. The van der Waals surface area contributed by atoms with Crippen LogP contribution in [-0.2, 0) is 5.41 Å². The summed E-state index contributed by atoms with van der Waals surface area (Å²) in [5, 5.41) is 3.44. The summed E-state index contributed by atoms with van der Waals surface area (Å²) in [6.45, 7) is 5.75. The molecular formula is C21H24ClN. The molecule has 0 fully saturated rings. The van der Waals surface area contributed by atoms with E-state index in [0.29, 0.717) is 5.92 Å². The predicted octanol–water partition coefficient (Wildman–Crippen LogP) is 4.80. The quantitative estimate of drug-likeness (QED) is 0.594. The summed E-state index contributed by atoms with van der Waals surface area (Å²) in [5.74, 6) is 0.619. The van der Waals surface area contributed by atoms with Crippen molar-refractivity contribution in [3.63, 3.8) is 0 Å². The Labute approximate surface area is 145 Å². The fraction of sp³-hybridized carbons (Fsp3) is 0.333. The van der Waals surface area contributed by atoms with E-state index in [2.05, 4.69) is 60.4 Å². The fourth-order valence-corrected chi connectivity index (χ4v) is 4.66. The average Bonchev–Trinajstić information content (AvgIpc) is 3.08. The fourth-order valence-electron chi connectivity index (χ4n) is 4.66. The van der Waals surface area contributed by atoms with Crippen molar-refractivity contribution in [2.24, 2.45) is 0 Å². The molecule has 0 radical (unpaired) electrons. The largest absolute Gasteiger partial charge is 0.313 e. The van der Waals surface area contributed by atoms with Crippen molar-refractivity contribution in [3.8, 4) is 0 Å². The van der Waals surface area contributed by atoms with Gasteiger partial charge in [0.25, 0.3) is 0 Å². The first-order chi connectivity index (χ1) is 10.9. The van der Waals surface area contributed by atoms with E-state index in [1.54, 1.807) is 22.3 Å². The Balaban J connectivity index is 0.00000156. The third kappa shape index (κ3) is 2.43. The number of hydrogen-bond acceptors (Lipinski definition) is 1. The van der Waals surface area contributed by atoms with Gasteiger partial charge in [-0.15, -0.1) is 19.0 Å². The van der Waals surface area contributed by atoms with Gasteiger partial charge in [-0.25, -0.2) is 0 Å². The van der Waals surface area contributed by atoms with E-state index >= 15 is 0 Å². The highest BCUT2D eigenvalue weighted by Crippen LogP contribution is 2.61. The molecule has 0 aliphatic heterocycles. The Morgan fingerprint density at radius 3 is 2.26 bits per heavy atom. The van der Waals surface area contributed by atoms with Crippen LogP contribution in [0.3, 0.4) is 0 Å². The molecule has 2 aromatic rings. The van der Waals surface area contributed by atoms with E-state index in [9.17, 15) is 0 Å². The molecule has 0 heterocycles. The van der Waals surface area contributed by atoms with E-state index in [0.717, 1.165) is 13.1 Å². The molecule has 2 aliphatic rings. The molecule has 2 aliphatic carbocycles. The van der Waals surface area contributed by atoms with Gasteiger partial charge in [0.05, 0.1) is 0 Å². The molecule has 0 spiro atoms. The van der Waals surface area contributed by atoms with Gasteiger partial charge in [0, 0.05) is 17.9 Å². The molecule has 2 heteroatoms. The maximum Gasteiger partial charge on any atom is 0.0218 e. The first-order valence-corrected chi connectivity index (χ1v) is 8.37. The molecule has 1 nitrogen and oxygen atoms in total. The van der Waals surface area contributed by atoms with E-state index in [1.807, 2.05) is 6.08 Å². The zero-order valence-electron chi connectivity index (χ0n) is 13.4. The Bertz CT molecular complexity index is 659. The molecule has 4 rings (SSSR count). The van der Waals surface area contributed by atoms with Gasteiger partial charge >= 0.3 is 0 Å². The lowest BCUT2D eigenvalue weighted by atomic mass is 9.72. The lowest BCUT2D eigenvalue weighted by molar-refractivity contribution is 0.461. The van der Waals surface area contributed by atoms with Gasteiger partial charge in [-0.2, -0.15) is 0 Å². The second kappa shape index (κ2) is 6.51. The van der Waals surface area contributed by atoms with E-state index < -0.39 is 0 Å². The summed E-state index contributed by atoms with van der Waals surface area (Å²) in [4.78, 5) is 0. The van der Waals surface area contributed by atoms with Crippen molar-refractivity contribution < 1.29 is 0 Å². The smallest absolute Gasteiger partial charge is 0.0218 e. The molecule has 0 saturated heterocycles. The lowest BCUT2D eigenvalue weighted by Crippen LogP contribution is -2.26. The maximum atomic E-state index is 3.77. The summed E-state index contributed by atoms with van der Waals surface area (Å²) in [6, 6.07) is 18.2. The van der Waals surface area contributed by atoms with Crippen molar-refractivity contribution in [1.29, 1.82) is 0 Å². The molecule has 2 bridgehead atoms. The molecular weight excluding hydrogens is 302 g/mol. The Morgan fingerprint density at radius 2 is 1.65 bits per heavy atom. The second-order valence-electron chi connectivity index (χ2n) is 6.61. The maximum absolute atomic E-state index is 3.77. The minimum Gasteiger partial charge on any atom is -0.313 e. The van der Waals surface area contributed by atoms with Crippen molar-refractivity contribution in [1.82, 2.24) is 5.32 Å². The number of fused-ring (bicyclic) bond motifs is 8. The van der Waals surface area contributed by atoms with Crippen molar-refractivity contribution in [2.45, 2.75) is 30.6 Å². The van der Waals surface area contributed by atoms with Crippen molar-refractivity contribution in [2.75, 3.05) is 13.1 Å². The van der Waals surface area contributed by atoms with Gasteiger partial charge in [-0.05, 0) is 48.1 Å². The third-order valence-corrected chi connectivity index (χ3v) is 5.50. The van der Waals surface area contributed by atoms with Gasteiger partial charge in [0.1, 0.15) is 0 Å². The Morgan fingerprint density at radius 1 is 1.04 bits per heavy atom. The van der Waals surface area contributed by atoms with Gasteiger partial charge < -0.3 is 5.32 Å². The molecule has 0 unspecified atom stereocenters. The summed E-state index contributed by atoms with van der Waals surface area (Å²) < 4.78 is 0. The number of hydrogen-bond donors (Lipinski definition) is 1. The normalized spacial score (nSPS) is 23.0. The average molecular weight is 326 g/mol. The highest BCUT2D eigenvalue weighted by atomic mass is 35.5. The van der Waals surface area contributed by atoms with E-state index in [1.165, 1.54) is 19.3 Å². The summed E-state index contributed by atoms with van der Waals surface area (Å²) in [7, 11) is 0. The molecule has 2 aromatic carbocycles. The number of rotatable bonds is 6. The number of nitrogens with one attached hydrogen (secondary N) is 1. The molecule has 0 atom stereocenters. The molecule has 0 amide bonds. The van der Waals surface area contributed by atoms with Gasteiger partial charge in [-0.3, -0.25) is 0 Å². The van der Waals surface area contributed by atoms with Crippen LogP contribution in [0, 0.1) is 0 Å². The molecule has 0 saturated carbocycles. The summed E-state index contributed by atoms with van der Waals surface area (Å²) in [5.41, 5.74) is 6.57. The molecule has 0 aromatic heterocycles. The molecule has 23 heavy (non-hydrogen) atoms. The summed E-state index contributed by atoms with van der Waals surface area (Å²) in [6.07, 6.45) is 5.65. The van der Waals surface area contributed by atoms with Crippen LogP contribution in [-0.4, -0.2) is 13.1 Å². The van der Waals surface area contributed by atoms with E-state index in [4.69, 9.17) is 0 Å². The van der Waals surface area contributed by atoms with Crippen molar-refractivity contribution >= 4 is 12.4 Å². The first kappa shape index (κ1) is 16.3. The highest BCUT2D eigenvalue weighted by molar-refractivity contribution is 5.85. The van der Waals surface area contributed by atoms with Crippen molar-refractivity contribution in [3.05, 3.63) is 83.4 Å². The van der Waals surface area contributed by atoms with Gasteiger partial charge in [-0.1, -0.05) is 54.6 Å². The lowest BCUT2D eigenvalue weighted by Gasteiger charge is -2.31. The Hall–Kier alpha value is -1.57. The SMILES string of the molecule is C=CCNCCCC12CC(c3ccccc31)c1ccccc12.Cl. The zero-order valence-corrected chi connectivity index (χ0v) is 14.2. The predicted molar refractivity (Wildman–Crippen MR) is 99.7 cm³/mol. The van der Waals surface area contributed by atoms with Crippen LogP contribution in [0.2, 0.25) is 0 Å². The number of halogens is 1. The van der Waals surface area contributed by atoms with Crippen LogP contribution in [0.25, 0.3) is 0 Å². The first-order valence-electron chi connectivity index (χ1n) is 8.37. The monoisotopic (exact) mass is 325 g/mol. The van der Waals surface area contributed by atoms with Crippen LogP contribution in [0.15, 0.2) is 61.2 Å². The summed E-state index contributed by atoms with van der Waals surface area (Å²) >= 11 is 0. The molecule has 120 valence electrons. The van der Waals surface area contributed by atoms with Crippen LogP contribution < -0.4 is 5.32 Å². The van der Waals surface area contributed by atoms with Crippen LogP contribution >= 0.6 is 12.4 Å². The molecule has 1 N–H and O–H groups in total. The van der Waals surface area contributed by atoms with Gasteiger partial charge in [0.2, 0.25) is 0 Å². The second-order valence-corrected chi connectivity index (χ2v) is 6.61. The highest BCUT2D eigenvalue weighted by Gasteiger charge is 2.51. The zero-order chi connectivity index (χ0) is 15.0. The van der Waals surface area contributed by atoms with Gasteiger partial charge in [0.15, 0.2) is 0 Å². The minimum atomic E-state index is 0.